The third-order valence-electron chi connectivity index (χ3n) is 2.40. The average molecular weight is 224 g/mol. The molecular weight excluding hydrogens is 208 g/mol. The Kier molecular flexibility index (Phi) is 4.31. The zero-order chi connectivity index (χ0) is 12.1. The topological polar surface area (TPSA) is 55.8 Å². The predicted octanol–water partition coefficient (Wildman–Crippen LogP) is 1.65. The first-order chi connectivity index (χ1) is 7.58. The van der Waals surface area contributed by atoms with Crippen LogP contribution in [-0.2, 0) is 16.0 Å². The SMILES string of the molecule is COc1ccc(C)cc1C[C@@H](OC)C(=O)O. The second kappa shape index (κ2) is 5.51. The minimum Gasteiger partial charge on any atom is -0.496 e. The van der Waals surface area contributed by atoms with Crippen LogP contribution in [0.3, 0.4) is 0 Å². The van der Waals surface area contributed by atoms with Gasteiger partial charge in [-0.25, -0.2) is 4.79 Å². The molecule has 16 heavy (non-hydrogen) atoms. The molecule has 0 bridgehead atoms. The minimum absolute atomic E-state index is 0.302. The molecule has 88 valence electrons. The third-order valence-corrected chi connectivity index (χ3v) is 2.40. The average Bonchev–Trinajstić information content (AvgIpc) is 2.25. The van der Waals surface area contributed by atoms with E-state index in [9.17, 15) is 4.79 Å². The summed E-state index contributed by atoms with van der Waals surface area (Å²) in [4.78, 5) is 10.9. The number of hydrogen-bond acceptors (Lipinski definition) is 3. The molecule has 1 atom stereocenters. The minimum atomic E-state index is -0.967. The molecule has 0 spiro atoms. The summed E-state index contributed by atoms with van der Waals surface area (Å²) in [6.07, 6.45) is -0.535. The fourth-order valence-corrected chi connectivity index (χ4v) is 1.54. The number of carboxylic acid groups (broad SMARTS) is 1. The van der Waals surface area contributed by atoms with Crippen LogP contribution in [-0.4, -0.2) is 31.4 Å². The van der Waals surface area contributed by atoms with E-state index in [-0.39, 0.29) is 0 Å². The van der Waals surface area contributed by atoms with Gasteiger partial charge in [0.1, 0.15) is 5.75 Å². The summed E-state index contributed by atoms with van der Waals surface area (Å²) in [6.45, 7) is 1.95. The van der Waals surface area contributed by atoms with Crippen LogP contribution < -0.4 is 4.74 Å². The van der Waals surface area contributed by atoms with Crippen molar-refractivity contribution >= 4 is 5.97 Å². The van der Waals surface area contributed by atoms with Crippen molar-refractivity contribution in [3.8, 4) is 5.75 Å². The molecule has 0 saturated carbocycles. The van der Waals surface area contributed by atoms with E-state index in [0.29, 0.717) is 12.2 Å². The van der Waals surface area contributed by atoms with Crippen molar-refractivity contribution < 1.29 is 19.4 Å². The largest absolute Gasteiger partial charge is 0.496 e. The number of benzene rings is 1. The van der Waals surface area contributed by atoms with E-state index in [1.807, 2.05) is 25.1 Å². The van der Waals surface area contributed by atoms with Gasteiger partial charge in [-0.2, -0.15) is 0 Å². The van der Waals surface area contributed by atoms with E-state index in [2.05, 4.69) is 0 Å². The lowest BCUT2D eigenvalue weighted by Gasteiger charge is -2.13. The number of carbonyl (C=O) groups is 1. The maximum atomic E-state index is 10.9. The maximum absolute atomic E-state index is 10.9. The quantitative estimate of drug-likeness (QED) is 0.826. The van der Waals surface area contributed by atoms with Crippen molar-refractivity contribution in [3.63, 3.8) is 0 Å². The molecule has 0 aliphatic rings. The first-order valence-corrected chi connectivity index (χ1v) is 4.97. The lowest BCUT2D eigenvalue weighted by Crippen LogP contribution is -2.25. The van der Waals surface area contributed by atoms with E-state index < -0.39 is 12.1 Å². The number of aryl methyl sites for hydroxylation is 1. The van der Waals surface area contributed by atoms with Gasteiger partial charge >= 0.3 is 5.97 Å². The Morgan fingerprint density at radius 1 is 1.44 bits per heavy atom. The van der Waals surface area contributed by atoms with E-state index in [0.717, 1.165) is 11.1 Å². The summed E-state index contributed by atoms with van der Waals surface area (Å²) in [5, 5.41) is 8.90. The molecule has 0 aromatic heterocycles. The number of rotatable bonds is 5. The molecule has 1 rings (SSSR count). The second-order valence-electron chi connectivity index (χ2n) is 3.58. The van der Waals surface area contributed by atoms with Crippen molar-refractivity contribution in [2.45, 2.75) is 19.4 Å². The second-order valence-corrected chi connectivity index (χ2v) is 3.58. The fourth-order valence-electron chi connectivity index (χ4n) is 1.54. The molecule has 0 fully saturated rings. The Hall–Kier alpha value is -1.55. The number of carboxylic acids is 1. The van der Waals surface area contributed by atoms with Gasteiger partial charge in [-0.15, -0.1) is 0 Å². The fraction of sp³-hybridized carbons (Fsp3) is 0.417. The summed E-state index contributed by atoms with van der Waals surface area (Å²) in [7, 11) is 2.96. The third kappa shape index (κ3) is 2.97. The summed E-state index contributed by atoms with van der Waals surface area (Å²) in [5.41, 5.74) is 1.91. The highest BCUT2D eigenvalue weighted by Gasteiger charge is 2.18. The first-order valence-electron chi connectivity index (χ1n) is 4.97. The lowest BCUT2D eigenvalue weighted by molar-refractivity contribution is -0.148. The Morgan fingerprint density at radius 2 is 2.12 bits per heavy atom. The highest BCUT2D eigenvalue weighted by molar-refractivity contribution is 5.73. The van der Waals surface area contributed by atoms with Crippen LogP contribution >= 0.6 is 0 Å². The number of hydrogen-bond donors (Lipinski definition) is 1. The van der Waals surface area contributed by atoms with Gasteiger partial charge in [0.2, 0.25) is 0 Å². The molecule has 0 amide bonds. The Morgan fingerprint density at radius 3 is 2.62 bits per heavy atom. The zero-order valence-electron chi connectivity index (χ0n) is 9.69. The molecule has 0 saturated heterocycles. The van der Waals surface area contributed by atoms with Crippen LogP contribution in [0.4, 0.5) is 0 Å². The monoisotopic (exact) mass is 224 g/mol. The van der Waals surface area contributed by atoms with Crippen molar-refractivity contribution in [1.82, 2.24) is 0 Å². The Bertz CT molecular complexity index is 373. The van der Waals surface area contributed by atoms with Gasteiger partial charge in [0.05, 0.1) is 7.11 Å². The molecule has 0 aliphatic carbocycles. The number of methoxy groups -OCH3 is 2. The lowest BCUT2D eigenvalue weighted by atomic mass is 10.0. The van der Waals surface area contributed by atoms with E-state index in [1.165, 1.54) is 7.11 Å². The molecule has 4 nitrogen and oxygen atoms in total. The summed E-state index contributed by atoms with van der Waals surface area (Å²) in [5.74, 6) is -0.278. The Balaban J connectivity index is 2.93. The van der Waals surface area contributed by atoms with Crippen LogP contribution in [0.2, 0.25) is 0 Å². The van der Waals surface area contributed by atoms with Crippen molar-refractivity contribution in [2.24, 2.45) is 0 Å². The molecule has 0 heterocycles. The van der Waals surface area contributed by atoms with Crippen LogP contribution in [0.5, 0.6) is 5.75 Å². The number of ether oxygens (including phenoxy) is 2. The normalized spacial score (nSPS) is 12.2. The molecule has 0 unspecified atom stereocenters. The van der Waals surface area contributed by atoms with Gasteiger partial charge in [0, 0.05) is 13.5 Å². The van der Waals surface area contributed by atoms with Crippen molar-refractivity contribution in [3.05, 3.63) is 29.3 Å². The van der Waals surface area contributed by atoms with E-state index in [1.54, 1.807) is 7.11 Å². The summed E-state index contributed by atoms with van der Waals surface area (Å²) >= 11 is 0. The standard InChI is InChI=1S/C12H16O4/c1-8-4-5-10(15-2)9(6-8)7-11(16-3)12(13)14/h4-6,11H,7H2,1-3H3,(H,13,14)/t11-/m1/s1. The van der Waals surface area contributed by atoms with Crippen LogP contribution in [0.25, 0.3) is 0 Å². The molecular formula is C12H16O4. The Labute approximate surface area is 94.8 Å². The smallest absolute Gasteiger partial charge is 0.333 e. The predicted molar refractivity (Wildman–Crippen MR) is 59.9 cm³/mol. The van der Waals surface area contributed by atoms with Crippen LogP contribution in [0.1, 0.15) is 11.1 Å². The molecule has 4 heteroatoms. The summed E-state index contributed by atoms with van der Waals surface area (Å²) in [6, 6.07) is 5.66. The highest BCUT2D eigenvalue weighted by atomic mass is 16.5. The van der Waals surface area contributed by atoms with Gasteiger partial charge in [0.15, 0.2) is 6.10 Å². The maximum Gasteiger partial charge on any atom is 0.333 e. The van der Waals surface area contributed by atoms with Gasteiger partial charge in [-0.3, -0.25) is 0 Å². The highest BCUT2D eigenvalue weighted by Crippen LogP contribution is 2.21. The summed E-state index contributed by atoms with van der Waals surface area (Å²) < 4.78 is 10.1. The van der Waals surface area contributed by atoms with Crippen LogP contribution in [0.15, 0.2) is 18.2 Å². The first kappa shape index (κ1) is 12.5. The van der Waals surface area contributed by atoms with Gasteiger partial charge in [-0.1, -0.05) is 17.7 Å². The van der Waals surface area contributed by atoms with Crippen molar-refractivity contribution in [1.29, 1.82) is 0 Å². The van der Waals surface area contributed by atoms with Gasteiger partial charge < -0.3 is 14.6 Å². The molecule has 1 N–H and O–H groups in total. The van der Waals surface area contributed by atoms with Gasteiger partial charge in [0.25, 0.3) is 0 Å². The van der Waals surface area contributed by atoms with E-state index >= 15 is 0 Å². The molecule has 0 radical (unpaired) electrons. The van der Waals surface area contributed by atoms with Gasteiger partial charge in [-0.05, 0) is 18.6 Å². The molecule has 0 aliphatic heterocycles. The zero-order valence-corrected chi connectivity index (χ0v) is 9.69. The van der Waals surface area contributed by atoms with Crippen molar-refractivity contribution in [2.75, 3.05) is 14.2 Å². The van der Waals surface area contributed by atoms with E-state index in [4.69, 9.17) is 14.6 Å². The number of aliphatic carboxylic acids is 1. The molecule has 1 aromatic rings. The molecule has 1 aromatic carbocycles. The van der Waals surface area contributed by atoms with Crippen LogP contribution in [0, 0.1) is 6.92 Å².